The van der Waals surface area contributed by atoms with Crippen LogP contribution in [-0.2, 0) is 9.47 Å². The van der Waals surface area contributed by atoms with Crippen LogP contribution in [0, 0.1) is 5.41 Å². The molecule has 0 bridgehead atoms. The minimum Gasteiger partial charge on any atom is -0.388 e. The van der Waals surface area contributed by atoms with Gasteiger partial charge in [-0.25, -0.2) is 0 Å². The zero-order valence-corrected chi connectivity index (χ0v) is 9.79. The van der Waals surface area contributed by atoms with Crippen molar-refractivity contribution >= 4 is 5.84 Å². The first-order chi connectivity index (χ1) is 7.20. The molecule has 0 aliphatic carbocycles. The van der Waals surface area contributed by atoms with E-state index in [-0.39, 0.29) is 5.84 Å². The predicted octanol–water partition coefficient (Wildman–Crippen LogP) is 0.297. The van der Waals surface area contributed by atoms with Gasteiger partial charge in [0, 0.05) is 39.8 Å². The highest BCUT2D eigenvalue weighted by molar-refractivity contribution is 5.76. The van der Waals surface area contributed by atoms with Crippen LogP contribution in [-0.4, -0.2) is 57.3 Å². The molecule has 0 fully saturated rings. The van der Waals surface area contributed by atoms with Crippen LogP contribution in [0.1, 0.15) is 13.3 Å². The van der Waals surface area contributed by atoms with E-state index in [0.29, 0.717) is 13.0 Å². The Morgan fingerprint density at radius 3 is 2.47 bits per heavy atom. The number of nitrogens with two attached hydrogens (primary N) is 1. The molecule has 0 saturated heterocycles. The van der Waals surface area contributed by atoms with Crippen molar-refractivity contribution in [3.8, 4) is 0 Å². The molecule has 0 saturated carbocycles. The van der Waals surface area contributed by atoms with E-state index in [4.69, 9.17) is 20.6 Å². The first-order valence-corrected chi connectivity index (χ1v) is 5.32. The Labute approximate surface area is 92.0 Å². The third-order valence-electron chi connectivity index (χ3n) is 2.06. The van der Waals surface area contributed by atoms with Crippen molar-refractivity contribution in [2.45, 2.75) is 13.3 Å². The van der Waals surface area contributed by atoms with E-state index < -0.39 is 0 Å². The lowest BCUT2D eigenvalue weighted by Crippen LogP contribution is -2.33. The fraction of sp³-hybridized carbons (Fsp3) is 0.900. The van der Waals surface area contributed by atoms with Crippen LogP contribution in [0.3, 0.4) is 0 Å². The van der Waals surface area contributed by atoms with Crippen molar-refractivity contribution in [1.82, 2.24) is 4.90 Å². The summed E-state index contributed by atoms with van der Waals surface area (Å²) in [5.41, 5.74) is 5.32. The lowest BCUT2D eigenvalue weighted by Gasteiger charge is -2.21. The molecular weight excluding hydrogens is 194 g/mol. The summed E-state index contributed by atoms with van der Waals surface area (Å²) in [5, 5.41) is 7.17. The average Bonchev–Trinajstić information content (AvgIpc) is 2.21. The molecule has 0 aromatic rings. The molecule has 0 atom stereocenters. The highest BCUT2D eigenvalue weighted by Gasteiger charge is 2.04. The van der Waals surface area contributed by atoms with Gasteiger partial charge in [0.15, 0.2) is 0 Å². The van der Waals surface area contributed by atoms with Crippen LogP contribution in [0.15, 0.2) is 0 Å². The van der Waals surface area contributed by atoms with Gasteiger partial charge in [0.1, 0.15) is 0 Å². The molecule has 0 radical (unpaired) electrons. The summed E-state index contributed by atoms with van der Waals surface area (Å²) in [4.78, 5) is 2.19. The summed E-state index contributed by atoms with van der Waals surface area (Å²) in [6.07, 6.45) is 0.607. The summed E-state index contributed by atoms with van der Waals surface area (Å²) >= 11 is 0. The van der Waals surface area contributed by atoms with Crippen molar-refractivity contribution in [3.63, 3.8) is 0 Å². The lowest BCUT2D eigenvalue weighted by atomic mass is 10.3. The molecule has 5 nitrogen and oxygen atoms in total. The fourth-order valence-corrected chi connectivity index (χ4v) is 1.17. The van der Waals surface area contributed by atoms with Gasteiger partial charge in [0.25, 0.3) is 0 Å². The van der Waals surface area contributed by atoms with Crippen molar-refractivity contribution in [3.05, 3.63) is 0 Å². The number of hydrogen-bond donors (Lipinski definition) is 2. The average molecular weight is 217 g/mol. The molecule has 0 unspecified atom stereocenters. The van der Waals surface area contributed by atoms with Crippen LogP contribution < -0.4 is 5.73 Å². The number of ether oxygens (including phenoxy) is 2. The third kappa shape index (κ3) is 9.65. The fourth-order valence-electron chi connectivity index (χ4n) is 1.17. The second-order valence-corrected chi connectivity index (χ2v) is 3.31. The Hall–Kier alpha value is -0.650. The Balaban J connectivity index is 3.67. The van der Waals surface area contributed by atoms with Crippen molar-refractivity contribution in [2.24, 2.45) is 5.73 Å². The quantitative estimate of drug-likeness (QED) is 0.313. The minimum absolute atomic E-state index is 0.230. The van der Waals surface area contributed by atoms with Gasteiger partial charge in [0.05, 0.1) is 19.0 Å². The molecule has 15 heavy (non-hydrogen) atoms. The molecule has 0 aromatic carbocycles. The maximum atomic E-state index is 7.17. The first kappa shape index (κ1) is 14.3. The van der Waals surface area contributed by atoms with Crippen LogP contribution in [0.25, 0.3) is 0 Å². The van der Waals surface area contributed by atoms with E-state index >= 15 is 0 Å². The maximum Gasteiger partial charge on any atom is 0.0918 e. The van der Waals surface area contributed by atoms with E-state index in [2.05, 4.69) is 4.90 Å². The summed E-state index contributed by atoms with van der Waals surface area (Å²) < 4.78 is 10.3. The molecule has 5 heteroatoms. The molecule has 3 N–H and O–H groups in total. The maximum absolute atomic E-state index is 7.17. The molecular formula is C10H23N3O2. The van der Waals surface area contributed by atoms with Gasteiger partial charge in [0.2, 0.25) is 0 Å². The lowest BCUT2D eigenvalue weighted by molar-refractivity contribution is 0.0959. The van der Waals surface area contributed by atoms with E-state index in [1.54, 1.807) is 7.11 Å². The highest BCUT2D eigenvalue weighted by atomic mass is 16.5. The number of nitrogens with zero attached hydrogens (tertiary/aromatic N) is 1. The van der Waals surface area contributed by atoms with Crippen molar-refractivity contribution in [1.29, 1.82) is 5.41 Å². The summed E-state index contributed by atoms with van der Waals surface area (Å²) in [7, 11) is 1.69. The number of rotatable bonds is 10. The van der Waals surface area contributed by atoms with Crippen molar-refractivity contribution in [2.75, 3.05) is 46.6 Å². The molecule has 0 heterocycles. The molecule has 0 rings (SSSR count). The molecule has 0 aromatic heterocycles. The Bertz CT molecular complexity index is 165. The molecule has 0 spiro atoms. The van der Waals surface area contributed by atoms with E-state index in [1.165, 1.54) is 0 Å². The Morgan fingerprint density at radius 1 is 1.27 bits per heavy atom. The van der Waals surface area contributed by atoms with E-state index in [0.717, 1.165) is 32.8 Å². The second-order valence-electron chi connectivity index (χ2n) is 3.31. The standard InChI is InChI=1S/C10H23N3O2/c1-3-15-9-7-13(6-8-14-2)5-4-10(11)12/h3-9H2,1-2H3,(H3,11,12). The minimum atomic E-state index is 0.230. The topological polar surface area (TPSA) is 71.6 Å². The van der Waals surface area contributed by atoms with Crippen LogP contribution >= 0.6 is 0 Å². The van der Waals surface area contributed by atoms with Gasteiger partial charge in [-0.2, -0.15) is 0 Å². The third-order valence-corrected chi connectivity index (χ3v) is 2.06. The second kappa shape index (κ2) is 9.89. The predicted molar refractivity (Wildman–Crippen MR) is 61.3 cm³/mol. The SMILES string of the molecule is CCOCCN(CCOC)CCC(=N)N. The van der Waals surface area contributed by atoms with Gasteiger partial charge in [-0.05, 0) is 6.92 Å². The molecule has 90 valence electrons. The van der Waals surface area contributed by atoms with Gasteiger partial charge in [-0.1, -0.05) is 0 Å². The highest BCUT2D eigenvalue weighted by Crippen LogP contribution is 1.92. The summed E-state index contributed by atoms with van der Waals surface area (Å²) in [6.45, 7) is 6.66. The van der Waals surface area contributed by atoms with Gasteiger partial charge >= 0.3 is 0 Å². The number of amidine groups is 1. The van der Waals surface area contributed by atoms with Gasteiger partial charge < -0.3 is 15.2 Å². The van der Waals surface area contributed by atoms with Crippen LogP contribution in [0.5, 0.6) is 0 Å². The van der Waals surface area contributed by atoms with Crippen LogP contribution in [0.4, 0.5) is 0 Å². The smallest absolute Gasteiger partial charge is 0.0918 e. The zero-order valence-electron chi connectivity index (χ0n) is 9.79. The van der Waals surface area contributed by atoms with Gasteiger partial charge in [-0.3, -0.25) is 10.3 Å². The Kier molecular flexibility index (Phi) is 9.46. The zero-order chi connectivity index (χ0) is 11.5. The van der Waals surface area contributed by atoms with Crippen molar-refractivity contribution < 1.29 is 9.47 Å². The van der Waals surface area contributed by atoms with E-state index in [9.17, 15) is 0 Å². The van der Waals surface area contributed by atoms with Gasteiger partial charge in [-0.15, -0.1) is 0 Å². The molecule has 0 aliphatic heterocycles. The van der Waals surface area contributed by atoms with E-state index in [1.807, 2.05) is 6.92 Å². The largest absolute Gasteiger partial charge is 0.388 e. The molecule has 0 aliphatic rings. The van der Waals surface area contributed by atoms with Crippen LogP contribution in [0.2, 0.25) is 0 Å². The Morgan fingerprint density at radius 2 is 1.93 bits per heavy atom. The number of hydrogen-bond acceptors (Lipinski definition) is 4. The normalized spacial score (nSPS) is 10.9. The monoisotopic (exact) mass is 217 g/mol. The summed E-state index contributed by atoms with van der Waals surface area (Å²) in [5.74, 6) is 0.230. The number of nitrogens with one attached hydrogen (secondary N) is 1. The molecule has 0 amide bonds. The number of methoxy groups -OCH3 is 1. The summed E-state index contributed by atoms with van der Waals surface area (Å²) in [6, 6.07) is 0. The first-order valence-electron chi connectivity index (χ1n) is 5.32.